The minimum absolute atomic E-state index is 0.561. The van der Waals surface area contributed by atoms with Crippen molar-refractivity contribution in [1.29, 1.82) is 0 Å². The third-order valence-corrected chi connectivity index (χ3v) is 3.20. The Kier molecular flexibility index (Phi) is 2.63. The Morgan fingerprint density at radius 2 is 1.80 bits per heavy atom. The Bertz CT molecular complexity index is 338. The van der Waals surface area contributed by atoms with Crippen LogP contribution in [0.1, 0.15) is 31.2 Å². The van der Waals surface area contributed by atoms with Crippen LogP contribution < -0.4 is 4.90 Å². The molecule has 0 spiro atoms. The van der Waals surface area contributed by atoms with Gasteiger partial charge in [0.25, 0.3) is 0 Å². The molecule has 0 amide bonds. The van der Waals surface area contributed by atoms with Crippen LogP contribution in [0.25, 0.3) is 0 Å². The molecule has 3 nitrogen and oxygen atoms in total. The lowest BCUT2D eigenvalue weighted by atomic mass is 10.2. The van der Waals surface area contributed by atoms with Gasteiger partial charge in [-0.2, -0.15) is 0 Å². The van der Waals surface area contributed by atoms with Crippen molar-refractivity contribution >= 4 is 5.95 Å². The van der Waals surface area contributed by atoms with Gasteiger partial charge in [0.15, 0.2) is 0 Å². The highest BCUT2D eigenvalue weighted by Crippen LogP contribution is 2.35. The van der Waals surface area contributed by atoms with Crippen LogP contribution in [0.4, 0.5) is 5.95 Å². The molecule has 0 N–H and O–H groups in total. The van der Waals surface area contributed by atoms with E-state index in [4.69, 9.17) is 0 Å². The fourth-order valence-electron chi connectivity index (χ4n) is 1.94. The van der Waals surface area contributed by atoms with Crippen LogP contribution in [0.15, 0.2) is 6.07 Å². The van der Waals surface area contributed by atoms with Crippen molar-refractivity contribution in [2.24, 2.45) is 5.92 Å². The number of aromatic nitrogens is 2. The van der Waals surface area contributed by atoms with Crippen LogP contribution in [0, 0.1) is 19.8 Å². The summed E-state index contributed by atoms with van der Waals surface area (Å²) in [6.45, 7) is 6.31. The van der Waals surface area contributed by atoms with Crippen LogP contribution in [0.3, 0.4) is 0 Å². The smallest absolute Gasteiger partial charge is 0.225 e. The highest BCUT2D eigenvalue weighted by Gasteiger charge is 2.31. The number of nitrogens with zero attached hydrogens (tertiary/aromatic N) is 3. The summed E-state index contributed by atoms with van der Waals surface area (Å²) in [7, 11) is 2.09. The van der Waals surface area contributed by atoms with Crippen molar-refractivity contribution in [3.63, 3.8) is 0 Å². The maximum Gasteiger partial charge on any atom is 0.225 e. The van der Waals surface area contributed by atoms with E-state index in [1.165, 1.54) is 12.8 Å². The molecule has 1 saturated carbocycles. The lowest BCUT2D eigenvalue weighted by Crippen LogP contribution is -2.32. The van der Waals surface area contributed by atoms with E-state index in [2.05, 4.69) is 28.8 Å². The normalized spacial score (nSPS) is 17.6. The van der Waals surface area contributed by atoms with Gasteiger partial charge in [0, 0.05) is 24.5 Å². The first kappa shape index (κ1) is 10.4. The quantitative estimate of drug-likeness (QED) is 0.758. The molecule has 1 aliphatic rings. The van der Waals surface area contributed by atoms with Gasteiger partial charge >= 0.3 is 0 Å². The Labute approximate surface area is 91.5 Å². The molecule has 0 saturated heterocycles. The Balaban J connectivity index is 2.19. The average molecular weight is 205 g/mol. The second kappa shape index (κ2) is 3.80. The standard InChI is InChI=1S/C12H19N3/c1-8-7-9(2)14-12(13-8)15(4)10(3)11-5-6-11/h7,10-11H,5-6H2,1-4H3. The first-order valence-corrected chi connectivity index (χ1v) is 5.63. The summed E-state index contributed by atoms with van der Waals surface area (Å²) in [5.74, 6) is 1.71. The summed E-state index contributed by atoms with van der Waals surface area (Å²) < 4.78 is 0. The van der Waals surface area contributed by atoms with Gasteiger partial charge in [-0.15, -0.1) is 0 Å². The molecule has 82 valence electrons. The summed E-state index contributed by atoms with van der Waals surface area (Å²) in [5, 5.41) is 0. The second-order valence-corrected chi connectivity index (χ2v) is 4.64. The van der Waals surface area contributed by atoms with Gasteiger partial charge in [-0.1, -0.05) is 0 Å². The number of hydrogen-bond acceptors (Lipinski definition) is 3. The van der Waals surface area contributed by atoms with Crippen molar-refractivity contribution in [1.82, 2.24) is 9.97 Å². The zero-order valence-corrected chi connectivity index (χ0v) is 9.99. The molecule has 1 aromatic heterocycles. The third-order valence-electron chi connectivity index (χ3n) is 3.20. The van der Waals surface area contributed by atoms with E-state index in [1.54, 1.807) is 0 Å². The minimum Gasteiger partial charge on any atom is -0.341 e. The minimum atomic E-state index is 0.561. The van der Waals surface area contributed by atoms with Gasteiger partial charge < -0.3 is 4.90 Å². The number of anilines is 1. The monoisotopic (exact) mass is 205 g/mol. The molecular weight excluding hydrogens is 186 g/mol. The van der Waals surface area contributed by atoms with Crippen LogP contribution in [-0.4, -0.2) is 23.1 Å². The van der Waals surface area contributed by atoms with Crippen LogP contribution in [-0.2, 0) is 0 Å². The summed E-state index contributed by atoms with van der Waals surface area (Å²) in [6.07, 6.45) is 2.71. The summed E-state index contributed by atoms with van der Waals surface area (Å²) >= 11 is 0. The Morgan fingerprint density at radius 1 is 1.27 bits per heavy atom. The van der Waals surface area contributed by atoms with Gasteiger partial charge in [0.05, 0.1) is 0 Å². The molecule has 0 aliphatic heterocycles. The van der Waals surface area contributed by atoms with Gasteiger partial charge in [-0.05, 0) is 45.6 Å². The van der Waals surface area contributed by atoms with Crippen molar-refractivity contribution < 1.29 is 0 Å². The molecular formula is C12H19N3. The lowest BCUT2D eigenvalue weighted by molar-refractivity contribution is 0.596. The molecule has 0 bridgehead atoms. The highest BCUT2D eigenvalue weighted by molar-refractivity contribution is 5.33. The number of rotatable bonds is 3. The van der Waals surface area contributed by atoms with E-state index >= 15 is 0 Å². The fourth-order valence-corrected chi connectivity index (χ4v) is 1.94. The third kappa shape index (κ3) is 2.28. The first-order valence-electron chi connectivity index (χ1n) is 5.63. The molecule has 1 aliphatic carbocycles. The predicted octanol–water partition coefficient (Wildman–Crippen LogP) is 2.33. The molecule has 0 radical (unpaired) electrons. The van der Waals surface area contributed by atoms with Crippen molar-refractivity contribution in [2.75, 3.05) is 11.9 Å². The molecule has 3 heteroatoms. The summed E-state index contributed by atoms with van der Waals surface area (Å²) in [6, 6.07) is 2.57. The van der Waals surface area contributed by atoms with Gasteiger partial charge in [-0.3, -0.25) is 0 Å². The Hall–Kier alpha value is -1.12. The second-order valence-electron chi connectivity index (χ2n) is 4.64. The fraction of sp³-hybridized carbons (Fsp3) is 0.667. The molecule has 1 aromatic rings. The molecule has 1 unspecified atom stereocenters. The van der Waals surface area contributed by atoms with Crippen molar-refractivity contribution in [3.05, 3.63) is 17.5 Å². The topological polar surface area (TPSA) is 29.0 Å². The van der Waals surface area contributed by atoms with Crippen molar-refractivity contribution in [2.45, 2.75) is 39.7 Å². The number of aryl methyl sites for hydroxylation is 2. The van der Waals surface area contributed by atoms with E-state index in [1.807, 2.05) is 19.9 Å². The maximum atomic E-state index is 4.48. The van der Waals surface area contributed by atoms with E-state index in [0.717, 1.165) is 23.3 Å². The van der Waals surface area contributed by atoms with Gasteiger partial charge in [-0.25, -0.2) is 9.97 Å². The largest absolute Gasteiger partial charge is 0.341 e. The van der Waals surface area contributed by atoms with Gasteiger partial charge in [0.2, 0.25) is 5.95 Å². The lowest BCUT2D eigenvalue weighted by Gasteiger charge is -2.25. The van der Waals surface area contributed by atoms with E-state index in [-0.39, 0.29) is 0 Å². The van der Waals surface area contributed by atoms with Crippen molar-refractivity contribution in [3.8, 4) is 0 Å². The molecule has 1 atom stereocenters. The predicted molar refractivity (Wildman–Crippen MR) is 62.1 cm³/mol. The van der Waals surface area contributed by atoms with Crippen LogP contribution >= 0.6 is 0 Å². The van der Waals surface area contributed by atoms with E-state index in [0.29, 0.717) is 6.04 Å². The van der Waals surface area contributed by atoms with E-state index < -0.39 is 0 Å². The molecule has 0 aromatic carbocycles. The zero-order valence-electron chi connectivity index (χ0n) is 9.99. The van der Waals surface area contributed by atoms with Gasteiger partial charge in [0.1, 0.15) is 0 Å². The van der Waals surface area contributed by atoms with E-state index in [9.17, 15) is 0 Å². The summed E-state index contributed by atoms with van der Waals surface area (Å²) in [5.41, 5.74) is 2.10. The molecule has 2 rings (SSSR count). The summed E-state index contributed by atoms with van der Waals surface area (Å²) in [4.78, 5) is 11.2. The molecule has 15 heavy (non-hydrogen) atoms. The molecule has 1 fully saturated rings. The average Bonchev–Trinajstić information content (AvgIpc) is 2.97. The SMILES string of the molecule is Cc1cc(C)nc(N(C)C(C)C2CC2)n1. The Morgan fingerprint density at radius 3 is 2.27 bits per heavy atom. The zero-order chi connectivity index (χ0) is 11.0. The maximum absolute atomic E-state index is 4.48. The first-order chi connectivity index (χ1) is 7.08. The number of hydrogen-bond donors (Lipinski definition) is 0. The highest BCUT2D eigenvalue weighted by atomic mass is 15.3. The molecule has 1 heterocycles. The van der Waals surface area contributed by atoms with Crippen LogP contribution in [0.2, 0.25) is 0 Å². The van der Waals surface area contributed by atoms with Crippen LogP contribution in [0.5, 0.6) is 0 Å².